The number of pyridine rings is 1. The van der Waals surface area contributed by atoms with Gasteiger partial charge in [0.2, 0.25) is 5.91 Å². The van der Waals surface area contributed by atoms with Crippen LogP contribution >= 0.6 is 23.4 Å². The van der Waals surface area contributed by atoms with E-state index in [1.165, 1.54) is 11.8 Å². The van der Waals surface area contributed by atoms with Gasteiger partial charge in [0.25, 0.3) is 5.91 Å². The number of hydrogen-bond donors (Lipinski definition) is 3. The number of benzene rings is 2. The lowest BCUT2D eigenvalue weighted by atomic mass is 10.1. The molecule has 3 amide bonds. The highest BCUT2D eigenvalue weighted by Crippen LogP contribution is 2.32. The van der Waals surface area contributed by atoms with E-state index in [9.17, 15) is 14.4 Å². The van der Waals surface area contributed by atoms with Crippen LogP contribution in [0.5, 0.6) is 0 Å². The van der Waals surface area contributed by atoms with Gasteiger partial charge in [0.1, 0.15) is 12.1 Å². The second-order valence-electron chi connectivity index (χ2n) is 9.36. The second-order valence-corrected chi connectivity index (χ2v) is 10.8. The summed E-state index contributed by atoms with van der Waals surface area (Å²) in [4.78, 5) is 45.7. The van der Waals surface area contributed by atoms with Crippen LogP contribution in [0.3, 0.4) is 0 Å². The molecule has 1 fully saturated rings. The van der Waals surface area contributed by atoms with Crippen LogP contribution in [0.1, 0.15) is 31.9 Å². The van der Waals surface area contributed by atoms with Gasteiger partial charge in [-0.15, -0.1) is 0 Å². The van der Waals surface area contributed by atoms with Crippen LogP contribution in [0.4, 0.5) is 10.5 Å². The van der Waals surface area contributed by atoms with E-state index in [0.29, 0.717) is 20.8 Å². The standard InChI is InChI=1S/C27H26ClN5O4S/c1-27(2,3)37-26(36)31-15-23(34)30-14-17-6-8-19(28)21(12-17)32-25-33-24(35)22(38-25)13-16-7-9-20-18(11-16)5-4-10-29-20/h4-13H,14-15H2,1-3H3,(H,30,34)(H,31,36)(H,32,33,35). The van der Waals surface area contributed by atoms with Crippen LogP contribution in [0.15, 0.2) is 64.6 Å². The maximum Gasteiger partial charge on any atom is 0.408 e. The maximum atomic E-state index is 12.5. The van der Waals surface area contributed by atoms with Crippen LogP contribution in [0.25, 0.3) is 17.0 Å². The largest absolute Gasteiger partial charge is 0.444 e. The predicted octanol–water partition coefficient (Wildman–Crippen LogP) is 4.92. The monoisotopic (exact) mass is 551 g/mol. The lowest BCUT2D eigenvalue weighted by Crippen LogP contribution is -2.39. The summed E-state index contributed by atoms with van der Waals surface area (Å²) in [5.74, 6) is -0.631. The number of thioether (sulfide) groups is 1. The minimum atomic E-state index is -0.667. The quantitative estimate of drug-likeness (QED) is 0.374. The van der Waals surface area contributed by atoms with Crippen molar-refractivity contribution in [1.82, 2.24) is 20.9 Å². The first-order valence-electron chi connectivity index (χ1n) is 11.7. The van der Waals surface area contributed by atoms with E-state index in [2.05, 4.69) is 25.9 Å². The van der Waals surface area contributed by atoms with Crippen LogP contribution in [-0.4, -0.2) is 40.2 Å². The van der Waals surface area contributed by atoms with Crippen molar-refractivity contribution in [2.45, 2.75) is 32.9 Å². The molecule has 2 heterocycles. The summed E-state index contributed by atoms with van der Waals surface area (Å²) in [7, 11) is 0. The van der Waals surface area contributed by atoms with Crippen LogP contribution < -0.4 is 16.0 Å². The van der Waals surface area contributed by atoms with Crippen LogP contribution in [0.2, 0.25) is 5.02 Å². The Balaban J connectivity index is 1.38. The molecule has 1 saturated heterocycles. The number of rotatable bonds is 6. The summed E-state index contributed by atoms with van der Waals surface area (Å²) in [5.41, 5.74) is 2.30. The van der Waals surface area contributed by atoms with Gasteiger partial charge in [-0.05, 0) is 80.1 Å². The number of hydrogen-bond acceptors (Lipinski definition) is 7. The third-order valence-electron chi connectivity index (χ3n) is 5.09. The maximum absolute atomic E-state index is 12.5. The zero-order chi connectivity index (χ0) is 27.3. The van der Waals surface area contributed by atoms with E-state index >= 15 is 0 Å². The van der Waals surface area contributed by atoms with Crippen molar-refractivity contribution in [2.75, 3.05) is 6.54 Å². The molecule has 1 aliphatic rings. The lowest BCUT2D eigenvalue weighted by Gasteiger charge is -2.19. The summed E-state index contributed by atoms with van der Waals surface area (Å²) in [5, 5.41) is 9.67. The van der Waals surface area contributed by atoms with Gasteiger partial charge in [0.15, 0.2) is 5.17 Å². The molecule has 0 bridgehead atoms. The number of amides is 3. The van der Waals surface area contributed by atoms with Crippen molar-refractivity contribution in [3.63, 3.8) is 0 Å². The van der Waals surface area contributed by atoms with E-state index in [1.807, 2.05) is 30.3 Å². The fraction of sp³-hybridized carbons (Fsp3) is 0.222. The van der Waals surface area contributed by atoms with Crippen LogP contribution in [-0.2, 0) is 20.9 Å². The highest BCUT2D eigenvalue weighted by molar-refractivity contribution is 8.18. The molecule has 1 aliphatic heterocycles. The summed E-state index contributed by atoms with van der Waals surface area (Å²) < 4.78 is 5.11. The summed E-state index contributed by atoms with van der Waals surface area (Å²) in [6, 6.07) is 14.8. The Morgan fingerprint density at radius 1 is 1.16 bits per heavy atom. The van der Waals surface area contributed by atoms with E-state index in [-0.39, 0.29) is 24.9 Å². The molecule has 0 atom stereocenters. The Labute approximate surface area is 229 Å². The third-order valence-corrected chi connectivity index (χ3v) is 6.32. The number of carbonyl (C=O) groups excluding carboxylic acids is 3. The summed E-state index contributed by atoms with van der Waals surface area (Å²) in [6.07, 6.45) is 2.87. The van der Waals surface area contributed by atoms with Crippen molar-refractivity contribution in [3.05, 3.63) is 75.8 Å². The van der Waals surface area contributed by atoms with Gasteiger partial charge in [-0.1, -0.05) is 29.8 Å². The molecule has 196 valence electrons. The molecule has 0 radical (unpaired) electrons. The molecule has 2 aromatic carbocycles. The van der Waals surface area contributed by atoms with Crippen molar-refractivity contribution >= 4 is 69.1 Å². The van der Waals surface area contributed by atoms with E-state index < -0.39 is 11.7 Å². The van der Waals surface area contributed by atoms with Gasteiger partial charge >= 0.3 is 6.09 Å². The molecular weight excluding hydrogens is 526 g/mol. The minimum absolute atomic E-state index is 0.200. The molecule has 38 heavy (non-hydrogen) atoms. The Bertz CT molecular complexity index is 1470. The Hall–Kier alpha value is -3.89. The van der Waals surface area contributed by atoms with E-state index in [1.54, 1.807) is 51.2 Å². The van der Waals surface area contributed by atoms with Crippen molar-refractivity contribution in [2.24, 2.45) is 4.99 Å². The number of alkyl carbamates (subject to hydrolysis) is 1. The smallest absolute Gasteiger partial charge is 0.408 e. The average Bonchev–Trinajstić information content (AvgIpc) is 3.20. The predicted molar refractivity (Wildman–Crippen MR) is 150 cm³/mol. The molecule has 1 aromatic heterocycles. The normalized spacial score (nSPS) is 15.5. The topological polar surface area (TPSA) is 122 Å². The molecule has 9 nitrogen and oxygen atoms in total. The van der Waals surface area contributed by atoms with Crippen molar-refractivity contribution in [1.29, 1.82) is 0 Å². The highest BCUT2D eigenvalue weighted by atomic mass is 35.5. The zero-order valence-corrected chi connectivity index (χ0v) is 22.6. The molecule has 0 spiro atoms. The van der Waals surface area contributed by atoms with Crippen LogP contribution in [0, 0.1) is 0 Å². The fourth-order valence-electron chi connectivity index (χ4n) is 3.41. The summed E-state index contributed by atoms with van der Waals surface area (Å²) >= 11 is 7.55. The van der Waals surface area contributed by atoms with E-state index in [0.717, 1.165) is 22.0 Å². The van der Waals surface area contributed by atoms with Gasteiger partial charge in [0, 0.05) is 18.1 Å². The van der Waals surface area contributed by atoms with Gasteiger partial charge < -0.3 is 20.7 Å². The van der Waals surface area contributed by atoms with Crippen molar-refractivity contribution in [3.8, 4) is 0 Å². The average molecular weight is 552 g/mol. The number of nitrogens with one attached hydrogen (secondary N) is 3. The fourth-order valence-corrected chi connectivity index (χ4v) is 4.40. The first-order valence-corrected chi connectivity index (χ1v) is 12.9. The van der Waals surface area contributed by atoms with Crippen molar-refractivity contribution < 1.29 is 19.1 Å². The molecule has 4 rings (SSSR count). The second kappa shape index (κ2) is 11.7. The van der Waals surface area contributed by atoms with Gasteiger partial charge in [-0.25, -0.2) is 9.79 Å². The third kappa shape index (κ3) is 7.56. The molecule has 0 saturated carbocycles. The number of nitrogens with zero attached hydrogens (tertiary/aromatic N) is 2. The minimum Gasteiger partial charge on any atom is -0.444 e. The molecule has 3 N–H and O–H groups in total. The van der Waals surface area contributed by atoms with Gasteiger partial charge in [-0.2, -0.15) is 0 Å². The molecule has 3 aromatic rings. The molecular formula is C27H26ClN5O4S. The number of halogens is 1. The molecule has 0 unspecified atom stereocenters. The number of fused-ring (bicyclic) bond motifs is 1. The zero-order valence-electron chi connectivity index (χ0n) is 21.0. The molecule has 11 heteroatoms. The number of carbonyl (C=O) groups is 3. The first-order chi connectivity index (χ1) is 18.1. The number of ether oxygens (including phenoxy) is 1. The first kappa shape index (κ1) is 27.2. The molecule has 0 aliphatic carbocycles. The van der Waals surface area contributed by atoms with Gasteiger partial charge in [-0.3, -0.25) is 14.6 Å². The number of amidine groups is 1. The number of aliphatic imine (C=N–C) groups is 1. The Morgan fingerprint density at radius 2 is 1.97 bits per heavy atom. The number of aromatic nitrogens is 1. The Kier molecular flexibility index (Phi) is 8.33. The highest BCUT2D eigenvalue weighted by Gasteiger charge is 2.24. The van der Waals surface area contributed by atoms with E-state index in [4.69, 9.17) is 16.3 Å². The summed E-state index contributed by atoms with van der Waals surface area (Å²) in [6.45, 7) is 5.20. The Morgan fingerprint density at radius 3 is 2.76 bits per heavy atom. The SMILES string of the molecule is CC(C)(C)OC(=O)NCC(=O)NCc1ccc(Cl)c(N=C2NC(=O)C(=Cc3ccc4ncccc4c3)S2)c1. The lowest BCUT2D eigenvalue weighted by molar-refractivity contribution is -0.120. The van der Waals surface area contributed by atoms with Gasteiger partial charge in [0.05, 0.1) is 21.1 Å².